The van der Waals surface area contributed by atoms with Crippen molar-refractivity contribution in [2.24, 2.45) is 0 Å². The van der Waals surface area contributed by atoms with E-state index < -0.39 is 0 Å². The molecule has 4 heteroatoms. The minimum absolute atomic E-state index is 0.0240. The lowest BCUT2D eigenvalue weighted by atomic mass is 10.0. The second-order valence-electron chi connectivity index (χ2n) is 5.68. The van der Waals surface area contributed by atoms with E-state index in [9.17, 15) is 9.59 Å². The van der Waals surface area contributed by atoms with Crippen molar-refractivity contribution in [3.63, 3.8) is 0 Å². The third kappa shape index (κ3) is 2.82. The number of rotatable bonds is 4. The molecular weight excluding hydrogens is 276 g/mol. The number of hydrogen-bond donors (Lipinski definition) is 1. The Kier molecular flexibility index (Phi) is 4.50. The van der Waals surface area contributed by atoms with Crippen LogP contribution in [0.1, 0.15) is 57.6 Å². The van der Waals surface area contributed by atoms with Gasteiger partial charge < -0.3 is 9.88 Å². The van der Waals surface area contributed by atoms with Gasteiger partial charge in [0.05, 0.1) is 6.04 Å². The van der Waals surface area contributed by atoms with Crippen molar-refractivity contribution < 1.29 is 9.59 Å². The Morgan fingerprint density at radius 3 is 2.23 bits per heavy atom. The Morgan fingerprint density at radius 1 is 1.14 bits per heavy atom. The second kappa shape index (κ2) is 6.18. The van der Waals surface area contributed by atoms with E-state index in [1.807, 2.05) is 51.1 Å². The Morgan fingerprint density at radius 2 is 1.73 bits per heavy atom. The largest absolute Gasteiger partial charge is 0.354 e. The highest BCUT2D eigenvalue weighted by Gasteiger charge is 2.25. The highest BCUT2D eigenvalue weighted by Crippen LogP contribution is 2.24. The maximum Gasteiger partial charge on any atom is 0.270 e. The molecule has 1 N–H and O–H groups in total. The standard InChI is InChI=1S/C18H22N2O2/c1-11-16(14(4)21)12(2)19-17(11)18(22)20(5)13(3)15-9-7-6-8-10-15/h6-10,13,19H,1-5H3. The molecule has 0 spiro atoms. The van der Waals surface area contributed by atoms with Gasteiger partial charge in [-0.25, -0.2) is 0 Å². The Bertz CT molecular complexity index is 701. The molecular formula is C18H22N2O2. The fourth-order valence-electron chi connectivity index (χ4n) is 2.80. The van der Waals surface area contributed by atoms with Gasteiger partial charge in [-0.2, -0.15) is 0 Å². The van der Waals surface area contributed by atoms with E-state index >= 15 is 0 Å². The minimum Gasteiger partial charge on any atom is -0.354 e. The third-order valence-corrected chi connectivity index (χ3v) is 4.19. The summed E-state index contributed by atoms with van der Waals surface area (Å²) in [4.78, 5) is 29.2. The predicted octanol–water partition coefficient (Wildman–Crippen LogP) is 3.67. The number of benzene rings is 1. The van der Waals surface area contributed by atoms with E-state index in [0.717, 1.165) is 16.8 Å². The molecule has 0 bridgehead atoms. The summed E-state index contributed by atoms with van der Waals surface area (Å²) < 4.78 is 0. The van der Waals surface area contributed by atoms with Crippen molar-refractivity contribution in [1.82, 2.24) is 9.88 Å². The molecule has 0 aliphatic heterocycles. The van der Waals surface area contributed by atoms with Crippen LogP contribution < -0.4 is 0 Å². The topological polar surface area (TPSA) is 53.2 Å². The van der Waals surface area contributed by atoms with Crippen LogP contribution in [0.2, 0.25) is 0 Å². The summed E-state index contributed by atoms with van der Waals surface area (Å²) in [5.74, 6) is -0.131. The van der Waals surface area contributed by atoms with Crippen LogP contribution in [0.15, 0.2) is 30.3 Å². The number of nitrogens with zero attached hydrogens (tertiary/aromatic N) is 1. The van der Waals surface area contributed by atoms with Gasteiger partial charge in [0, 0.05) is 18.3 Å². The molecule has 1 amide bonds. The van der Waals surface area contributed by atoms with Crippen molar-refractivity contribution in [3.8, 4) is 0 Å². The number of aromatic amines is 1. The summed E-state index contributed by atoms with van der Waals surface area (Å²) in [6, 6.07) is 9.84. The number of aryl methyl sites for hydroxylation is 1. The lowest BCUT2D eigenvalue weighted by molar-refractivity contribution is 0.0736. The SMILES string of the molecule is CC(=O)c1c(C)[nH]c(C(=O)N(C)C(C)c2ccccc2)c1C. The predicted molar refractivity (Wildman–Crippen MR) is 87.2 cm³/mol. The molecule has 116 valence electrons. The van der Waals surface area contributed by atoms with Gasteiger partial charge in [-0.05, 0) is 38.8 Å². The Hall–Kier alpha value is -2.36. The summed E-state index contributed by atoms with van der Waals surface area (Å²) in [6.45, 7) is 7.15. The van der Waals surface area contributed by atoms with Crippen LogP contribution in [-0.2, 0) is 0 Å². The van der Waals surface area contributed by atoms with E-state index in [1.165, 1.54) is 6.92 Å². The molecule has 22 heavy (non-hydrogen) atoms. The zero-order valence-corrected chi connectivity index (χ0v) is 13.7. The first-order valence-electron chi connectivity index (χ1n) is 7.36. The van der Waals surface area contributed by atoms with E-state index in [2.05, 4.69) is 4.98 Å². The highest BCUT2D eigenvalue weighted by molar-refractivity contribution is 6.02. The lowest BCUT2D eigenvalue weighted by Crippen LogP contribution is -2.30. The van der Waals surface area contributed by atoms with E-state index in [0.29, 0.717) is 11.3 Å². The lowest BCUT2D eigenvalue weighted by Gasteiger charge is -2.25. The number of nitrogens with one attached hydrogen (secondary N) is 1. The van der Waals surface area contributed by atoms with Gasteiger partial charge in [0.1, 0.15) is 5.69 Å². The first kappa shape index (κ1) is 16.0. The fourth-order valence-corrected chi connectivity index (χ4v) is 2.80. The van der Waals surface area contributed by atoms with Gasteiger partial charge in [0.2, 0.25) is 0 Å². The maximum absolute atomic E-state index is 12.8. The van der Waals surface area contributed by atoms with Crippen LogP contribution in [-0.4, -0.2) is 28.6 Å². The molecule has 1 aromatic heterocycles. The smallest absolute Gasteiger partial charge is 0.270 e. The zero-order chi connectivity index (χ0) is 16.4. The van der Waals surface area contributed by atoms with Gasteiger partial charge in [0.15, 0.2) is 5.78 Å². The highest BCUT2D eigenvalue weighted by atomic mass is 16.2. The number of hydrogen-bond acceptors (Lipinski definition) is 2. The second-order valence-corrected chi connectivity index (χ2v) is 5.68. The molecule has 0 saturated carbocycles. The molecule has 1 atom stereocenters. The van der Waals surface area contributed by atoms with Crippen LogP contribution in [0, 0.1) is 13.8 Å². The first-order valence-corrected chi connectivity index (χ1v) is 7.36. The molecule has 2 rings (SSSR count). The fraction of sp³-hybridized carbons (Fsp3) is 0.333. The van der Waals surface area contributed by atoms with Crippen molar-refractivity contribution in [1.29, 1.82) is 0 Å². The minimum atomic E-state index is -0.107. The van der Waals surface area contributed by atoms with Crippen LogP contribution in [0.4, 0.5) is 0 Å². The normalized spacial score (nSPS) is 12.0. The molecule has 0 aliphatic rings. The van der Waals surface area contributed by atoms with E-state index in [1.54, 1.807) is 11.9 Å². The summed E-state index contributed by atoms with van der Waals surface area (Å²) in [5.41, 5.74) is 3.65. The van der Waals surface area contributed by atoms with E-state index in [4.69, 9.17) is 0 Å². The molecule has 0 saturated heterocycles. The molecule has 4 nitrogen and oxygen atoms in total. The molecule has 1 aromatic carbocycles. The van der Waals surface area contributed by atoms with E-state index in [-0.39, 0.29) is 17.7 Å². The van der Waals surface area contributed by atoms with Gasteiger partial charge in [0.25, 0.3) is 5.91 Å². The number of carbonyl (C=O) groups excluding carboxylic acids is 2. The quantitative estimate of drug-likeness (QED) is 0.876. The number of H-pyrrole nitrogens is 1. The van der Waals surface area contributed by atoms with Crippen LogP contribution in [0.25, 0.3) is 0 Å². The summed E-state index contributed by atoms with van der Waals surface area (Å²) in [7, 11) is 1.78. The van der Waals surface area contributed by atoms with Crippen LogP contribution >= 0.6 is 0 Å². The number of amides is 1. The van der Waals surface area contributed by atoms with Gasteiger partial charge in [-0.15, -0.1) is 0 Å². The van der Waals surface area contributed by atoms with Crippen molar-refractivity contribution >= 4 is 11.7 Å². The average Bonchev–Trinajstić information content (AvgIpc) is 2.80. The number of Topliss-reactive ketones (excluding diaryl/α,β-unsaturated/α-hetero) is 1. The third-order valence-electron chi connectivity index (χ3n) is 4.19. The zero-order valence-electron chi connectivity index (χ0n) is 13.7. The summed E-state index contributed by atoms with van der Waals surface area (Å²) in [5, 5.41) is 0. The van der Waals surface area contributed by atoms with Crippen molar-refractivity contribution in [2.75, 3.05) is 7.05 Å². The van der Waals surface area contributed by atoms with Crippen LogP contribution in [0.5, 0.6) is 0 Å². The molecule has 2 aromatic rings. The number of ketones is 1. The first-order chi connectivity index (χ1) is 10.3. The molecule has 1 heterocycles. The number of aromatic nitrogens is 1. The van der Waals surface area contributed by atoms with Crippen LogP contribution in [0.3, 0.4) is 0 Å². The van der Waals surface area contributed by atoms with Gasteiger partial charge >= 0.3 is 0 Å². The Labute approximate surface area is 131 Å². The number of carbonyl (C=O) groups is 2. The van der Waals surface area contributed by atoms with Crippen molar-refractivity contribution in [3.05, 3.63) is 58.4 Å². The molecule has 0 fully saturated rings. The van der Waals surface area contributed by atoms with Crippen molar-refractivity contribution in [2.45, 2.75) is 33.7 Å². The molecule has 1 unspecified atom stereocenters. The summed E-state index contributed by atoms with van der Waals surface area (Å²) >= 11 is 0. The maximum atomic E-state index is 12.8. The molecule has 0 radical (unpaired) electrons. The van der Waals surface area contributed by atoms with Gasteiger partial charge in [-0.1, -0.05) is 30.3 Å². The summed E-state index contributed by atoms with van der Waals surface area (Å²) in [6.07, 6.45) is 0. The monoisotopic (exact) mass is 298 g/mol. The average molecular weight is 298 g/mol. The van der Waals surface area contributed by atoms with Gasteiger partial charge in [-0.3, -0.25) is 9.59 Å². The molecule has 0 aliphatic carbocycles. The Balaban J connectivity index is 2.32.